The van der Waals surface area contributed by atoms with Gasteiger partial charge in [-0.25, -0.2) is 0 Å². The zero-order valence-corrected chi connectivity index (χ0v) is 9.74. The summed E-state index contributed by atoms with van der Waals surface area (Å²) in [4.78, 5) is 10.5. The summed E-state index contributed by atoms with van der Waals surface area (Å²) in [6.07, 6.45) is -0.916. The van der Waals surface area contributed by atoms with Gasteiger partial charge in [0.15, 0.2) is 0 Å². The van der Waals surface area contributed by atoms with Gasteiger partial charge in [0.05, 0.1) is 22.7 Å². The SMILES string of the molecule is O=[N+]([O-])c1cccc(Cl)c1SCC(O)CO. The van der Waals surface area contributed by atoms with Gasteiger partial charge in [-0.05, 0) is 6.07 Å². The van der Waals surface area contributed by atoms with Crippen LogP contribution >= 0.6 is 23.4 Å². The zero-order chi connectivity index (χ0) is 12.1. The average Bonchev–Trinajstić information content (AvgIpc) is 2.26. The van der Waals surface area contributed by atoms with Crippen molar-refractivity contribution in [2.24, 2.45) is 0 Å². The summed E-state index contributed by atoms with van der Waals surface area (Å²) in [6.45, 7) is -0.384. The number of rotatable bonds is 5. The van der Waals surface area contributed by atoms with E-state index in [1.807, 2.05) is 0 Å². The van der Waals surface area contributed by atoms with Gasteiger partial charge < -0.3 is 10.2 Å². The number of aliphatic hydroxyl groups excluding tert-OH is 2. The van der Waals surface area contributed by atoms with Crippen molar-refractivity contribution in [1.82, 2.24) is 0 Å². The lowest BCUT2D eigenvalue weighted by Crippen LogP contribution is -2.14. The second kappa shape index (κ2) is 6.05. The van der Waals surface area contributed by atoms with Crippen LogP contribution in [0.3, 0.4) is 0 Å². The molecule has 0 saturated heterocycles. The number of benzene rings is 1. The fraction of sp³-hybridized carbons (Fsp3) is 0.333. The number of nitro benzene ring substituents is 1. The number of halogens is 1. The second-order valence-corrected chi connectivity index (χ2v) is 4.43. The third-order valence-electron chi connectivity index (χ3n) is 1.77. The molecule has 0 fully saturated rings. The highest BCUT2D eigenvalue weighted by Gasteiger charge is 2.18. The first-order valence-electron chi connectivity index (χ1n) is 4.41. The monoisotopic (exact) mass is 263 g/mol. The Morgan fingerprint density at radius 1 is 1.56 bits per heavy atom. The molecule has 16 heavy (non-hydrogen) atoms. The van der Waals surface area contributed by atoms with E-state index < -0.39 is 11.0 Å². The lowest BCUT2D eigenvalue weighted by Gasteiger charge is -2.08. The maximum atomic E-state index is 10.7. The minimum atomic E-state index is -0.916. The topological polar surface area (TPSA) is 83.6 Å². The molecule has 5 nitrogen and oxygen atoms in total. The molecule has 88 valence electrons. The summed E-state index contributed by atoms with van der Waals surface area (Å²) in [6, 6.07) is 4.38. The van der Waals surface area contributed by atoms with Crippen molar-refractivity contribution in [2.45, 2.75) is 11.0 Å². The summed E-state index contributed by atoms with van der Waals surface area (Å²) < 4.78 is 0. The quantitative estimate of drug-likeness (QED) is 0.480. The largest absolute Gasteiger partial charge is 0.394 e. The average molecular weight is 264 g/mol. The fourth-order valence-electron chi connectivity index (χ4n) is 1.02. The Hall–Kier alpha value is -0.820. The van der Waals surface area contributed by atoms with Gasteiger partial charge in [-0.1, -0.05) is 17.7 Å². The van der Waals surface area contributed by atoms with Crippen molar-refractivity contribution in [3.8, 4) is 0 Å². The van der Waals surface area contributed by atoms with Crippen molar-refractivity contribution in [3.05, 3.63) is 33.3 Å². The Balaban J connectivity index is 2.88. The van der Waals surface area contributed by atoms with E-state index in [4.69, 9.17) is 21.8 Å². The first-order chi connectivity index (χ1) is 7.56. The highest BCUT2D eigenvalue weighted by atomic mass is 35.5. The van der Waals surface area contributed by atoms with E-state index >= 15 is 0 Å². The number of nitrogens with zero attached hydrogens (tertiary/aromatic N) is 1. The number of aliphatic hydroxyl groups is 2. The molecule has 1 aromatic carbocycles. The van der Waals surface area contributed by atoms with Crippen LogP contribution in [-0.2, 0) is 0 Å². The molecular weight excluding hydrogens is 254 g/mol. The molecule has 7 heteroatoms. The van der Waals surface area contributed by atoms with Gasteiger partial charge in [0, 0.05) is 11.8 Å². The lowest BCUT2D eigenvalue weighted by atomic mass is 10.3. The number of hydrogen-bond acceptors (Lipinski definition) is 5. The van der Waals surface area contributed by atoms with Crippen LogP contribution in [0.1, 0.15) is 0 Å². The summed E-state index contributed by atoms with van der Waals surface area (Å²) in [5.41, 5.74) is -0.0948. The van der Waals surface area contributed by atoms with Gasteiger partial charge in [-0.3, -0.25) is 10.1 Å². The minimum Gasteiger partial charge on any atom is -0.394 e. The van der Waals surface area contributed by atoms with Crippen LogP contribution in [0.4, 0.5) is 5.69 Å². The van der Waals surface area contributed by atoms with Crippen LogP contribution in [-0.4, -0.2) is 33.6 Å². The molecule has 0 spiro atoms. The molecule has 0 amide bonds. The van der Waals surface area contributed by atoms with Gasteiger partial charge in [0.2, 0.25) is 0 Å². The van der Waals surface area contributed by atoms with Crippen molar-refractivity contribution in [1.29, 1.82) is 0 Å². The molecular formula is C9H10ClNO4S. The van der Waals surface area contributed by atoms with Crippen LogP contribution in [0, 0.1) is 10.1 Å². The van der Waals surface area contributed by atoms with Gasteiger partial charge in [0.1, 0.15) is 4.90 Å². The fourth-order valence-corrected chi connectivity index (χ4v) is 2.31. The van der Waals surface area contributed by atoms with Crippen LogP contribution in [0.2, 0.25) is 5.02 Å². The Labute approximate surface area is 101 Å². The Morgan fingerprint density at radius 2 is 2.25 bits per heavy atom. The van der Waals surface area contributed by atoms with Gasteiger partial charge >= 0.3 is 0 Å². The van der Waals surface area contributed by atoms with Gasteiger partial charge in [-0.15, -0.1) is 11.8 Å². The molecule has 0 heterocycles. The van der Waals surface area contributed by atoms with E-state index in [1.165, 1.54) is 12.1 Å². The van der Waals surface area contributed by atoms with Crippen LogP contribution in [0.25, 0.3) is 0 Å². The molecule has 0 aliphatic rings. The summed E-state index contributed by atoms with van der Waals surface area (Å²) in [5.74, 6) is 0.154. The molecule has 0 radical (unpaired) electrons. The van der Waals surface area contributed by atoms with E-state index in [0.29, 0.717) is 4.90 Å². The molecule has 0 aromatic heterocycles. The molecule has 1 aromatic rings. The first-order valence-corrected chi connectivity index (χ1v) is 5.77. The van der Waals surface area contributed by atoms with Crippen molar-refractivity contribution in [2.75, 3.05) is 12.4 Å². The van der Waals surface area contributed by atoms with Crippen LogP contribution in [0.15, 0.2) is 23.1 Å². The standard InChI is InChI=1S/C9H10ClNO4S/c10-7-2-1-3-8(11(14)15)9(7)16-5-6(13)4-12/h1-3,6,12-13H,4-5H2. The normalized spacial score (nSPS) is 12.4. The second-order valence-electron chi connectivity index (χ2n) is 2.99. The molecule has 0 aliphatic heterocycles. The molecule has 0 saturated carbocycles. The Kier molecular flexibility index (Phi) is 5.01. The van der Waals surface area contributed by atoms with Gasteiger partial charge in [-0.2, -0.15) is 0 Å². The smallest absolute Gasteiger partial charge is 0.284 e. The molecule has 2 N–H and O–H groups in total. The van der Waals surface area contributed by atoms with E-state index in [0.717, 1.165) is 11.8 Å². The molecule has 0 aliphatic carbocycles. The maximum Gasteiger partial charge on any atom is 0.284 e. The Morgan fingerprint density at radius 3 is 2.81 bits per heavy atom. The van der Waals surface area contributed by atoms with E-state index in [-0.39, 0.29) is 23.1 Å². The number of hydrogen-bond donors (Lipinski definition) is 2. The number of nitro groups is 1. The number of thioether (sulfide) groups is 1. The van der Waals surface area contributed by atoms with E-state index in [2.05, 4.69) is 0 Å². The van der Waals surface area contributed by atoms with Crippen molar-refractivity contribution >= 4 is 29.1 Å². The summed E-state index contributed by atoms with van der Waals surface area (Å²) in [5, 5.41) is 28.8. The molecule has 0 bridgehead atoms. The van der Waals surface area contributed by atoms with Crippen LogP contribution < -0.4 is 0 Å². The third-order valence-corrected chi connectivity index (χ3v) is 3.47. The highest BCUT2D eigenvalue weighted by Crippen LogP contribution is 2.35. The van der Waals surface area contributed by atoms with Crippen LogP contribution in [0.5, 0.6) is 0 Å². The van der Waals surface area contributed by atoms with Crippen molar-refractivity contribution in [3.63, 3.8) is 0 Å². The predicted octanol–water partition coefficient (Wildman–Crippen LogP) is 1.69. The van der Waals surface area contributed by atoms with Crippen molar-refractivity contribution < 1.29 is 15.1 Å². The molecule has 1 rings (SSSR count). The highest BCUT2D eigenvalue weighted by molar-refractivity contribution is 7.99. The van der Waals surface area contributed by atoms with Gasteiger partial charge in [0.25, 0.3) is 5.69 Å². The molecule has 1 atom stereocenters. The summed E-state index contributed by atoms with van der Waals surface area (Å²) in [7, 11) is 0. The lowest BCUT2D eigenvalue weighted by molar-refractivity contribution is -0.387. The third kappa shape index (κ3) is 3.34. The zero-order valence-electron chi connectivity index (χ0n) is 8.17. The maximum absolute atomic E-state index is 10.7. The minimum absolute atomic E-state index is 0.0948. The summed E-state index contributed by atoms with van der Waals surface area (Å²) >= 11 is 6.88. The van der Waals surface area contributed by atoms with E-state index in [1.54, 1.807) is 6.07 Å². The Bertz CT molecular complexity index is 388. The van der Waals surface area contributed by atoms with E-state index in [9.17, 15) is 10.1 Å². The first kappa shape index (κ1) is 13.2. The predicted molar refractivity (Wildman–Crippen MR) is 61.9 cm³/mol. The molecule has 1 unspecified atom stereocenters.